The van der Waals surface area contributed by atoms with E-state index in [4.69, 9.17) is 0 Å². The number of amides is 1. The fourth-order valence-corrected chi connectivity index (χ4v) is 4.08. The van der Waals surface area contributed by atoms with E-state index in [2.05, 4.69) is 9.44 Å². The standard InChI is InChI=1S/C13H19N3O5S2/c1-14-22(18,19)8-7-15-23(20,21)11-4-5-12-10(9-11)3-6-13(17)16(12)2/h4-5,9,14-15H,3,6-8H2,1-2H3. The highest BCUT2D eigenvalue weighted by atomic mass is 32.2. The van der Waals surface area contributed by atoms with Gasteiger partial charge in [-0.3, -0.25) is 4.79 Å². The first-order valence-corrected chi connectivity index (χ1v) is 10.1. The minimum absolute atomic E-state index is 0.0106. The van der Waals surface area contributed by atoms with E-state index in [0.717, 1.165) is 5.56 Å². The molecule has 10 heteroatoms. The Balaban J connectivity index is 2.17. The summed E-state index contributed by atoms with van der Waals surface area (Å²) < 4.78 is 51.4. The zero-order valence-electron chi connectivity index (χ0n) is 12.9. The Kier molecular flexibility index (Phi) is 5.09. The van der Waals surface area contributed by atoms with Crippen molar-refractivity contribution in [3.8, 4) is 0 Å². The van der Waals surface area contributed by atoms with Gasteiger partial charge in [-0.1, -0.05) is 0 Å². The average molecular weight is 361 g/mol. The first-order chi connectivity index (χ1) is 10.7. The number of hydrogen-bond donors (Lipinski definition) is 2. The highest BCUT2D eigenvalue weighted by Crippen LogP contribution is 2.28. The van der Waals surface area contributed by atoms with Crippen LogP contribution in [0.2, 0.25) is 0 Å². The predicted octanol–water partition coefficient (Wildman–Crippen LogP) is -0.577. The van der Waals surface area contributed by atoms with E-state index < -0.39 is 20.0 Å². The highest BCUT2D eigenvalue weighted by Gasteiger charge is 2.23. The lowest BCUT2D eigenvalue weighted by atomic mass is 10.0. The van der Waals surface area contributed by atoms with Gasteiger partial charge in [0.25, 0.3) is 0 Å². The predicted molar refractivity (Wildman–Crippen MR) is 86.2 cm³/mol. The van der Waals surface area contributed by atoms with Crippen LogP contribution in [0, 0.1) is 0 Å². The van der Waals surface area contributed by atoms with Crippen molar-refractivity contribution in [2.24, 2.45) is 0 Å². The molecule has 0 spiro atoms. The van der Waals surface area contributed by atoms with E-state index in [1.54, 1.807) is 13.1 Å². The number of carbonyl (C=O) groups is 1. The number of carbonyl (C=O) groups excluding carboxylic acids is 1. The molecule has 1 aromatic rings. The molecule has 0 aromatic heterocycles. The first-order valence-electron chi connectivity index (χ1n) is 6.96. The number of nitrogens with one attached hydrogen (secondary N) is 2. The van der Waals surface area contributed by atoms with E-state index in [0.29, 0.717) is 18.5 Å². The first kappa shape index (κ1) is 17.9. The highest BCUT2D eigenvalue weighted by molar-refractivity contribution is 7.90. The van der Waals surface area contributed by atoms with Crippen LogP contribution in [-0.4, -0.2) is 49.1 Å². The molecule has 23 heavy (non-hydrogen) atoms. The van der Waals surface area contributed by atoms with E-state index in [1.165, 1.54) is 24.1 Å². The molecule has 8 nitrogen and oxygen atoms in total. The van der Waals surface area contributed by atoms with Crippen LogP contribution in [0.5, 0.6) is 0 Å². The van der Waals surface area contributed by atoms with Crippen molar-refractivity contribution in [1.82, 2.24) is 9.44 Å². The maximum absolute atomic E-state index is 12.2. The van der Waals surface area contributed by atoms with Gasteiger partial charge in [0.1, 0.15) is 0 Å². The summed E-state index contributed by atoms with van der Waals surface area (Å²) in [5.74, 6) is -0.353. The van der Waals surface area contributed by atoms with Gasteiger partial charge in [0.05, 0.1) is 10.6 Å². The molecule has 1 aliphatic heterocycles. The minimum atomic E-state index is -3.80. The lowest BCUT2D eigenvalue weighted by Gasteiger charge is -2.26. The van der Waals surface area contributed by atoms with Crippen molar-refractivity contribution in [1.29, 1.82) is 0 Å². The number of anilines is 1. The van der Waals surface area contributed by atoms with Gasteiger partial charge in [-0.15, -0.1) is 0 Å². The third kappa shape index (κ3) is 4.08. The lowest BCUT2D eigenvalue weighted by Crippen LogP contribution is -2.33. The van der Waals surface area contributed by atoms with Gasteiger partial charge in [0.15, 0.2) is 0 Å². The van der Waals surface area contributed by atoms with Crippen LogP contribution < -0.4 is 14.3 Å². The zero-order chi connectivity index (χ0) is 17.3. The SMILES string of the molecule is CNS(=O)(=O)CCNS(=O)(=O)c1ccc2c(c1)CCC(=O)N2C. The molecule has 0 fully saturated rings. The van der Waals surface area contributed by atoms with Crippen molar-refractivity contribution in [2.45, 2.75) is 17.7 Å². The van der Waals surface area contributed by atoms with E-state index in [-0.39, 0.29) is 23.1 Å². The number of benzene rings is 1. The summed E-state index contributed by atoms with van der Waals surface area (Å²) in [4.78, 5) is 13.2. The number of aryl methyl sites for hydroxylation is 1. The summed E-state index contributed by atoms with van der Waals surface area (Å²) in [7, 11) is -4.36. The molecule has 0 bridgehead atoms. The quantitative estimate of drug-likeness (QED) is 0.704. The van der Waals surface area contributed by atoms with Crippen LogP contribution in [-0.2, 0) is 31.3 Å². The molecule has 1 aliphatic rings. The van der Waals surface area contributed by atoms with Gasteiger partial charge < -0.3 is 4.90 Å². The van der Waals surface area contributed by atoms with Crippen molar-refractivity contribution < 1.29 is 21.6 Å². The molecule has 0 saturated heterocycles. The van der Waals surface area contributed by atoms with Crippen LogP contribution in [0.1, 0.15) is 12.0 Å². The lowest BCUT2D eigenvalue weighted by molar-refractivity contribution is -0.118. The fraction of sp³-hybridized carbons (Fsp3) is 0.462. The van der Waals surface area contributed by atoms with Crippen molar-refractivity contribution in [3.05, 3.63) is 23.8 Å². The largest absolute Gasteiger partial charge is 0.315 e. The minimum Gasteiger partial charge on any atom is -0.315 e. The topological polar surface area (TPSA) is 113 Å². The van der Waals surface area contributed by atoms with Crippen molar-refractivity contribution in [3.63, 3.8) is 0 Å². The van der Waals surface area contributed by atoms with Gasteiger partial charge >= 0.3 is 0 Å². The zero-order valence-corrected chi connectivity index (χ0v) is 14.5. The summed E-state index contributed by atoms with van der Waals surface area (Å²) >= 11 is 0. The summed E-state index contributed by atoms with van der Waals surface area (Å²) in [5, 5.41) is 0. The van der Waals surface area contributed by atoms with Gasteiger partial charge in [-0.25, -0.2) is 26.3 Å². The maximum Gasteiger partial charge on any atom is 0.240 e. The molecule has 0 saturated carbocycles. The Bertz CT molecular complexity index is 818. The number of rotatable bonds is 6. The average Bonchev–Trinajstić information content (AvgIpc) is 2.50. The number of hydrogen-bond acceptors (Lipinski definition) is 5. The second-order valence-corrected chi connectivity index (χ2v) is 8.98. The van der Waals surface area contributed by atoms with Crippen molar-refractivity contribution in [2.75, 3.05) is 31.3 Å². The Morgan fingerprint density at radius 2 is 1.87 bits per heavy atom. The monoisotopic (exact) mass is 361 g/mol. The van der Waals surface area contributed by atoms with Crippen molar-refractivity contribution >= 4 is 31.6 Å². The van der Waals surface area contributed by atoms with Gasteiger partial charge in [-0.05, 0) is 37.2 Å². The number of sulfonamides is 2. The van der Waals surface area contributed by atoms with Crippen LogP contribution in [0.15, 0.2) is 23.1 Å². The third-order valence-electron chi connectivity index (χ3n) is 3.68. The normalized spacial score (nSPS) is 15.6. The van der Waals surface area contributed by atoms with Gasteiger partial charge in [0, 0.05) is 25.7 Å². The molecule has 0 unspecified atom stereocenters. The number of nitrogens with zero attached hydrogens (tertiary/aromatic N) is 1. The Labute approximate surface area is 136 Å². The molecule has 1 aromatic carbocycles. The van der Waals surface area contributed by atoms with Crippen LogP contribution in [0.4, 0.5) is 5.69 Å². The molecular weight excluding hydrogens is 342 g/mol. The molecule has 1 amide bonds. The molecule has 0 aliphatic carbocycles. The van der Waals surface area contributed by atoms with Gasteiger partial charge in [-0.2, -0.15) is 0 Å². The Hall–Kier alpha value is -1.49. The molecule has 128 valence electrons. The molecular formula is C13H19N3O5S2. The van der Waals surface area contributed by atoms with Crippen LogP contribution >= 0.6 is 0 Å². The van der Waals surface area contributed by atoms with Crippen LogP contribution in [0.25, 0.3) is 0 Å². The van der Waals surface area contributed by atoms with E-state index >= 15 is 0 Å². The second-order valence-electron chi connectivity index (χ2n) is 5.16. The Morgan fingerprint density at radius 3 is 2.52 bits per heavy atom. The summed E-state index contributed by atoms with van der Waals surface area (Å²) in [6.45, 7) is -0.221. The smallest absolute Gasteiger partial charge is 0.240 e. The maximum atomic E-state index is 12.2. The molecule has 2 rings (SSSR count). The molecule has 0 atom stereocenters. The molecule has 0 radical (unpaired) electrons. The second kappa shape index (κ2) is 6.56. The molecule has 2 N–H and O–H groups in total. The Morgan fingerprint density at radius 1 is 1.17 bits per heavy atom. The summed E-state index contributed by atoms with van der Waals surface area (Å²) in [5.41, 5.74) is 1.47. The van der Waals surface area contributed by atoms with E-state index in [1.807, 2.05) is 0 Å². The summed E-state index contributed by atoms with van der Waals surface area (Å²) in [6, 6.07) is 4.52. The van der Waals surface area contributed by atoms with Crippen LogP contribution in [0.3, 0.4) is 0 Å². The molecule has 1 heterocycles. The van der Waals surface area contributed by atoms with E-state index in [9.17, 15) is 21.6 Å². The third-order valence-corrected chi connectivity index (χ3v) is 6.50. The summed E-state index contributed by atoms with van der Waals surface area (Å²) in [6.07, 6.45) is 0.816. The number of fused-ring (bicyclic) bond motifs is 1. The fourth-order valence-electron chi connectivity index (χ4n) is 2.30. The van der Waals surface area contributed by atoms with Gasteiger partial charge in [0.2, 0.25) is 26.0 Å².